The van der Waals surface area contributed by atoms with Crippen molar-refractivity contribution in [2.24, 2.45) is 0 Å². The summed E-state index contributed by atoms with van der Waals surface area (Å²) in [7, 11) is 0. The van der Waals surface area contributed by atoms with Crippen molar-refractivity contribution in [1.82, 2.24) is 4.90 Å². The minimum Gasteiger partial charge on any atom is -0.481 e. The Morgan fingerprint density at radius 3 is 2.65 bits per heavy atom. The third kappa shape index (κ3) is 3.94. The van der Waals surface area contributed by atoms with Crippen LogP contribution < -0.4 is 0 Å². The van der Waals surface area contributed by atoms with Crippen molar-refractivity contribution in [3.8, 4) is 0 Å². The average Bonchev–Trinajstić information content (AvgIpc) is 2.75. The zero-order valence-electron chi connectivity index (χ0n) is 10.0. The summed E-state index contributed by atoms with van der Waals surface area (Å²) in [6.45, 7) is 4.24. The summed E-state index contributed by atoms with van der Waals surface area (Å²) in [6.07, 6.45) is 3.37. The second-order valence-electron chi connectivity index (χ2n) is 4.10. The van der Waals surface area contributed by atoms with Crippen molar-refractivity contribution in [2.45, 2.75) is 32.7 Å². The number of amides is 1. The van der Waals surface area contributed by atoms with Crippen LogP contribution in [0.1, 0.15) is 37.0 Å². The summed E-state index contributed by atoms with van der Waals surface area (Å²) in [6, 6.07) is 1.64. The molecular weight excluding hydrogens is 222 g/mol. The highest BCUT2D eigenvalue weighted by Crippen LogP contribution is 2.10. The molecule has 0 saturated carbocycles. The van der Waals surface area contributed by atoms with Crippen LogP contribution in [-0.4, -0.2) is 34.5 Å². The van der Waals surface area contributed by atoms with Crippen molar-refractivity contribution in [3.05, 3.63) is 24.2 Å². The van der Waals surface area contributed by atoms with Gasteiger partial charge in [-0.05, 0) is 26.3 Å². The standard InChI is InChI=1S/C12H17NO4/c1-9(2)13(6-3-4-11(14)15)12(16)10-5-7-17-8-10/h5,7-9H,3-4,6H2,1-2H3,(H,14,15). The summed E-state index contributed by atoms with van der Waals surface area (Å²) < 4.78 is 4.87. The first-order chi connectivity index (χ1) is 8.02. The molecule has 0 aliphatic heterocycles. The van der Waals surface area contributed by atoms with E-state index < -0.39 is 5.97 Å². The minimum atomic E-state index is -0.843. The molecule has 1 N–H and O–H groups in total. The van der Waals surface area contributed by atoms with E-state index in [9.17, 15) is 9.59 Å². The Bertz CT molecular complexity index is 370. The van der Waals surface area contributed by atoms with Crippen LogP contribution in [0.15, 0.2) is 23.0 Å². The van der Waals surface area contributed by atoms with Gasteiger partial charge in [-0.2, -0.15) is 0 Å². The van der Waals surface area contributed by atoms with Gasteiger partial charge in [-0.15, -0.1) is 0 Å². The number of carbonyl (C=O) groups excluding carboxylic acids is 1. The molecule has 1 rings (SSSR count). The molecule has 94 valence electrons. The Morgan fingerprint density at radius 1 is 1.47 bits per heavy atom. The molecule has 0 aliphatic rings. The second kappa shape index (κ2) is 6.08. The lowest BCUT2D eigenvalue weighted by Crippen LogP contribution is -2.37. The fourth-order valence-electron chi connectivity index (χ4n) is 1.55. The number of nitrogens with zero attached hydrogens (tertiary/aromatic N) is 1. The van der Waals surface area contributed by atoms with Gasteiger partial charge in [0.2, 0.25) is 0 Å². The maximum atomic E-state index is 12.0. The number of rotatable bonds is 6. The van der Waals surface area contributed by atoms with Crippen LogP contribution in [-0.2, 0) is 4.79 Å². The van der Waals surface area contributed by atoms with E-state index in [0.717, 1.165) is 0 Å². The van der Waals surface area contributed by atoms with E-state index >= 15 is 0 Å². The fourth-order valence-corrected chi connectivity index (χ4v) is 1.55. The number of carboxylic acids is 1. The SMILES string of the molecule is CC(C)N(CCCC(=O)O)C(=O)c1ccoc1. The Labute approximate surface area is 100 Å². The van der Waals surface area contributed by atoms with Gasteiger partial charge >= 0.3 is 5.97 Å². The van der Waals surface area contributed by atoms with E-state index in [1.54, 1.807) is 11.0 Å². The van der Waals surface area contributed by atoms with Gasteiger partial charge in [0.1, 0.15) is 6.26 Å². The number of aliphatic carboxylic acids is 1. The first kappa shape index (κ1) is 13.3. The quantitative estimate of drug-likeness (QED) is 0.824. The molecule has 1 aromatic heterocycles. The van der Waals surface area contributed by atoms with Gasteiger partial charge in [-0.3, -0.25) is 9.59 Å². The average molecular weight is 239 g/mol. The number of hydrogen-bond acceptors (Lipinski definition) is 3. The predicted octanol–water partition coefficient (Wildman–Crippen LogP) is 2.00. The normalized spacial score (nSPS) is 10.5. The molecule has 1 heterocycles. The highest BCUT2D eigenvalue weighted by Gasteiger charge is 2.19. The summed E-state index contributed by atoms with van der Waals surface area (Å²) in [5.41, 5.74) is 0.494. The van der Waals surface area contributed by atoms with E-state index in [4.69, 9.17) is 9.52 Å². The molecule has 0 fully saturated rings. The Balaban J connectivity index is 2.60. The molecule has 1 aromatic rings. The first-order valence-corrected chi connectivity index (χ1v) is 5.57. The number of hydrogen-bond donors (Lipinski definition) is 1. The summed E-state index contributed by atoms with van der Waals surface area (Å²) in [4.78, 5) is 24.1. The molecule has 0 saturated heterocycles. The van der Waals surface area contributed by atoms with Crippen molar-refractivity contribution in [2.75, 3.05) is 6.54 Å². The molecule has 0 atom stereocenters. The van der Waals surface area contributed by atoms with Gasteiger partial charge in [0, 0.05) is 19.0 Å². The van der Waals surface area contributed by atoms with E-state index in [-0.39, 0.29) is 18.4 Å². The third-order valence-corrected chi connectivity index (χ3v) is 2.44. The molecule has 5 heteroatoms. The van der Waals surface area contributed by atoms with Crippen LogP contribution in [0.4, 0.5) is 0 Å². The van der Waals surface area contributed by atoms with Gasteiger partial charge in [0.05, 0.1) is 11.8 Å². The lowest BCUT2D eigenvalue weighted by molar-refractivity contribution is -0.137. The van der Waals surface area contributed by atoms with Gasteiger partial charge < -0.3 is 14.4 Å². The number of carboxylic acid groups (broad SMARTS) is 1. The number of furan rings is 1. The molecule has 0 radical (unpaired) electrons. The zero-order chi connectivity index (χ0) is 12.8. The molecular formula is C12H17NO4. The lowest BCUT2D eigenvalue weighted by Gasteiger charge is -2.26. The van der Waals surface area contributed by atoms with Crippen molar-refractivity contribution in [1.29, 1.82) is 0 Å². The van der Waals surface area contributed by atoms with E-state index in [0.29, 0.717) is 18.5 Å². The molecule has 5 nitrogen and oxygen atoms in total. The van der Waals surface area contributed by atoms with Crippen LogP contribution in [0.5, 0.6) is 0 Å². The molecule has 0 bridgehead atoms. The molecule has 0 aliphatic carbocycles. The number of carbonyl (C=O) groups is 2. The smallest absolute Gasteiger partial charge is 0.303 e. The highest BCUT2D eigenvalue weighted by atomic mass is 16.4. The Kier molecular flexibility index (Phi) is 4.75. The van der Waals surface area contributed by atoms with E-state index in [1.165, 1.54) is 12.5 Å². The molecule has 0 aromatic carbocycles. The van der Waals surface area contributed by atoms with Crippen LogP contribution in [0.3, 0.4) is 0 Å². The molecule has 0 spiro atoms. The first-order valence-electron chi connectivity index (χ1n) is 5.57. The van der Waals surface area contributed by atoms with Gasteiger partial charge in [0.15, 0.2) is 0 Å². The maximum absolute atomic E-state index is 12.0. The summed E-state index contributed by atoms with van der Waals surface area (Å²) in [5, 5.41) is 8.57. The predicted molar refractivity (Wildman–Crippen MR) is 61.8 cm³/mol. The van der Waals surface area contributed by atoms with E-state index in [2.05, 4.69) is 0 Å². The topological polar surface area (TPSA) is 70.8 Å². The van der Waals surface area contributed by atoms with Crippen LogP contribution in [0.25, 0.3) is 0 Å². The largest absolute Gasteiger partial charge is 0.481 e. The van der Waals surface area contributed by atoms with E-state index in [1.807, 2.05) is 13.8 Å². The van der Waals surface area contributed by atoms with Gasteiger partial charge in [-0.1, -0.05) is 0 Å². The van der Waals surface area contributed by atoms with Crippen molar-refractivity contribution >= 4 is 11.9 Å². The second-order valence-corrected chi connectivity index (χ2v) is 4.10. The van der Waals surface area contributed by atoms with Gasteiger partial charge in [0.25, 0.3) is 5.91 Å². The van der Waals surface area contributed by atoms with Crippen LogP contribution >= 0.6 is 0 Å². The monoisotopic (exact) mass is 239 g/mol. The Morgan fingerprint density at radius 2 is 2.18 bits per heavy atom. The summed E-state index contributed by atoms with van der Waals surface area (Å²) in [5.74, 6) is -0.969. The molecule has 1 amide bonds. The van der Waals surface area contributed by atoms with Gasteiger partial charge in [-0.25, -0.2) is 0 Å². The zero-order valence-corrected chi connectivity index (χ0v) is 10.0. The van der Waals surface area contributed by atoms with Crippen molar-refractivity contribution in [3.63, 3.8) is 0 Å². The lowest BCUT2D eigenvalue weighted by atomic mass is 10.2. The van der Waals surface area contributed by atoms with Crippen molar-refractivity contribution < 1.29 is 19.1 Å². The molecule has 0 unspecified atom stereocenters. The summed E-state index contributed by atoms with van der Waals surface area (Å²) >= 11 is 0. The Hall–Kier alpha value is -1.78. The highest BCUT2D eigenvalue weighted by molar-refractivity contribution is 5.94. The van der Waals surface area contributed by atoms with Crippen LogP contribution in [0, 0.1) is 0 Å². The van der Waals surface area contributed by atoms with Crippen LogP contribution in [0.2, 0.25) is 0 Å². The molecule has 17 heavy (non-hydrogen) atoms. The minimum absolute atomic E-state index is 0.0335. The third-order valence-electron chi connectivity index (χ3n) is 2.44. The fraction of sp³-hybridized carbons (Fsp3) is 0.500. The maximum Gasteiger partial charge on any atom is 0.303 e.